The number of benzene rings is 1. The summed E-state index contributed by atoms with van der Waals surface area (Å²) < 4.78 is 49.6. The number of nitriles is 1. The molecule has 10 heteroatoms. The van der Waals surface area contributed by atoms with E-state index in [0.29, 0.717) is 18.4 Å². The van der Waals surface area contributed by atoms with E-state index >= 15 is 0 Å². The van der Waals surface area contributed by atoms with Crippen LogP contribution in [0.1, 0.15) is 97.6 Å². The molecule has 3 saturated carbocycles. The third-order valence-electron chi connectivity index (χ3n) is 13.8. The molecule has 1 aromatic rings. The summed E-state index contributed by atoms with van der Waals surface area (Å²) in [7, 11) is 0. The van der Waals surface area contributed by atoms with Crippen molar-refractivity contribution in [2.24, 2.45) is 33.0 Å². The molecule has 7 nitrogen and oxygen atoms in total. The van der Waals surface area contributed by atoms with E-state index < -0.39 is 23.1 Å². The number of aliphatic hydroxyl groups excluding tert-OH is 1. The first-order valence-corrected chi connectivity index (χ1v) is 18.0. The Bertz CT molecular complexity index is 1930. The van der Waals surface area contributed by atoms with E-state index in [2.05, 4.69) is 39.8 Å². The van der Waals surface area contributed by atoms with Crippen LogP contribution in [0.2, 0.25) is 0 Å². The fraction of sp³-hybridized carbons (Fsp3) is 0.524. The van der Waals surface area contributed by atoms with Gasteiger partial charge in [-0.2, -0.15) is 18.4 Å². The number of nitrogens with zero attached hydrogens (tertiary/aromatic N) is 1. The standard InChI is InChI=1S/C42H46F3NO6/c1-25-29-11-12-32-39(4,30(29)22-31(47)35(25)49)16-18-41(6)33-23-38(3,14-13-37(33,2)15-17-40(32,41)5)36(50)52-20-19-51-34(48)21-27(24-46)26-7-9-28(10-8-26)42(43,44)45/h7-12,21-22,33,49H,13-20,23H2,1-6H3/b27-21+/t33-,37-,38-,39+,40-,41+/m1/s1. The number of rotatable bonds is 6. The summed E-state index contributed by atoms with van der Waals surface area (Å²) in [5, 5.41) is 19.9. The lowest BCUT2D eigenvalue weighted by Gasteiger charge is -2.70. The van der Waals surface area contributed by atoms with E-state index in [1.54, 1.807) is 13.0 Å². The van der Waals surface area contributed by atoms with Gasteiger partial charge in [0.1, 0.15) is 19.3 Å². The highest BCUT2D eigenvalue weighted by Gasteiger charge is 2.67. The second-order valence-corrected chi connectivity index (χ2v) is 16.7. The first-order chi connectivity index (χ1) is 24.2. The van der Waals surface area contributed by atoms with Gasteiger partial charge in [-0.15, -0.1) is 0 Å². The first-order valence-electron chi connectivity index (χ1n) is 18.0. The molecular weight excluding hydrogens is 671 g/mol. The molecule has 52 heavy (non-hydrogen) atoms. The smallest absolute Gasteiger partial charge is 0.416 e. The minimum absolute atomic E-state index is 0.0383. The van der Waals surface area contributed by atoms with Crippen LogP contribution < -0.4 is 0 Å². The zero-order valence-corrected chi connectivity index (χ0v) is 30.6. The minimum Gasteiger partial charge on any atom is -0.504 e. The Balaban J connectivity index is 1.14. The number of halogens is 3. The van der Waals surface area contributed by atoms with Crippen LogP contribution in [0.15, 0.2) is 76.6 Å². The van der Waals surface area contributed by atoms with Crippen molar-refractivity contribution in [2.45, 2.75) is 92.7 Å². The fourth-order valence-electron chi connectivity index (χ4n) is 10.3. The van der Waals surface area contributed by atoms with E-state index in [-0.39, 0.29) is 69.4 Å². The number of ketones is 1. The third kappa shape index (κ3) is 5.85. The summed E-state index contributed by atoms with van der Waals surface area (Å²) >= 11 is 0. The highest BCUT2D eigenvalue weighted by atomic mass is 19.4. The highest BCUT2D eigenvalue weighted by Crippen LogP contribution is 2.75. The van der Waals surface area contributed by atoms with E-state index in [4.69, 9.17) is 9.47 Å². The second kappa shape index (κ2) is 12.6. The number of ether oxygens (including phenoxy) is 2. The Morgan fingerprint density at radius 2 is 1.62 bits per heavy atom. The largest absolute Gasteiger partial charge is 0.504 e. The number of carbonyl (C=O) groups excluding carboxylic acids is 3. The lowest BCUT2D eigenvalue weighted by Crippen LogP contribution is -2.62. The predicted octanol–water partition coefficient (Wildman–Crippen LogP) is 9.33. The van der Waals surface area contributed by atoms with Crippen molar-refractivity contribution in [2.75, 3.05) is 13.2 Å². The van der Waals surface area contributed by atoms with Crippen LogP contribution in [0.3, 0.4) is 0 Å². The van der Waals surface area contributed by atoms with Gasteiger partial charge in [0, 0.05) is 17.1 Å². The zero-order valence-electron chi connectivity index (χ0n) is 30.6. The van der Waals surface area contributed by atoms with E-state index in [1.807, 2.05) is 13.0 Å². The van der Waals surface area contributed by atoms with Gasteiger partial charge < -0.3 is 14.6 Å². The highest BCUT2D eigenvalue weighted by molar-refractivity contribution is 6.06. The van der Waals surface area contributed by atoms with Crippen molar-refractivity contribution in [1.29, 1.82) is 5.26 Å². The van der Waals surface area contributed by atoms with Gasteiger partial charge in [0.25, 0.3) is 0 Å². The normalized spacial score (nSPS) is 34.3. The second-order valence-electron chi connectivity index (χ2n) is 16.7. The summed E-state index contributed by atoms with van der Waals surface area (Å²) in [6, 6.07) is 5.71. The molecule has 0 amide bonds. The monoisotopic (exact) mass is 717 g/mol. The van der Waals surface area contributed by atoms with Gasteiger partial charge >= 0.3 is 18.1 Å². The summed E-state index contributed by atoms with van der Waals surface area (Å²) in [6.07, 6.45) is 8.26. The van der Waals surface area contributed by atoms with Crippen molar-refractivity contribution < 1.29 is 42.1 Å². The topological polar surface area (TPSA) is 114 Å². The van der Waals surface area contributed by atoms with Gasteiger partial charge in [-0.3, -0.25) is 9.59 Å². The number of allylic oxidation sites excluding steroid dienone is 8. The van der Waals surface area contributed by atoms with Crippen LogP contribution in [0.4, 0.5) is 13.2 Å². The molecule has 6 rings (SSSR count). The molecule has 0 radical (unpaired) electrons. The molecule has 0 aromatic heterocycles. The van der Waals surface area contributed by atoms with Gasteiger partial charge in [-0.25, -0.2) is 4.79 Å². The van der Waals surface area contributed by atoms with Crippen LogP contribution >= 0.6 is 0 Å². The molecule has 1 aromatic carbocycles. The number of aliphatic hydroxyl groups is 1. The SMILES string of the molecule is CC1=C(O)C(=O)C=C2C1=CC=C1[C@@]2(C)CC[C@@]2(C)[C@@H]3C[C@](C)(C(=O)OCCOC(=O)/C=C(\C#N)c4ccc(C(F)(F)F)cc4)CC[C@]3(C)CC[C@]12C. The van der Waals surface area contributed by atoms with Crippen molar-refractivity contribution in [3.05, 3.63) is 87.7 Å². The third-order valence-corrected chi connectivity index (χ3v) is 13.8. The molecule has 0 bridgehead atoms. The molecular formula is C42H46F3NO6. The number of carbonyl (C=O) groups is 3. The molecule has 6 atom stereocenters. The number of fused-ring (bicyclic) bond motifs is 7. The maximum absolute atomic E-state index is 13.7. The van der Waals surface area contributed by atoms with Crippen LogP contribution in [0.5, 0.6) is 0 Å². The molecule has 5 aliphatic carbocycles. The van der Waals surface area contributed by atoms with Gasteiger partial charge in [0.15, 0.2) is 5.76 Å². The van der Waals surface area contributed by atoms with E-state index in [9.17, 15) is 37.9 Å². The molecule has 0 unspecified atom stereocenters. The van der Waals surface area contributed by atoms with Crippen LogP contribution in [-0.4, -0.2) is 36.0 Å². The molecule has 0 heterocycles. The summed E-state index contributed by atoms with van der Waals surface area (Å²) in [5.74, 6) is -1.55. The Kier molecular flexibility index (Phi) is 9.08. The quantitative estimate of drug-likeness (QED) is 0.135. The van der Waals surface area contributed by atoms with Crippen LogP contribution in [0, 0.1) is 44.3 Å². The van der Waals surface area contributed by atoms with Crippen molar-refractivity contribution >= 4 is 23.3 Å². The molecule has 0 aliphatic heterocycles. The number of hydrogen-bond acceptors (Lipinski definition) is 7. The number of esters is 2. The molecule has 5 aliphatic rings. The summed E-state index contributed by atoms with van der Waals surface area (Å²) in [4.78, 5) is 39.0. The molecule has 1 N–H and O–H groups in total. The summed E-state index contributed by atoms with van der Waals surface area (Å²) in [6.45, 7) is 12.7. The van der Waals surface area contributed by atoms with Crippen LogP contribution in [0.25, 0.3) is 5.57 Å². The van der Waals surface area contributed by atoms with Crippen molar-refractivity contribution in [1.82, 2.24) is 0 Å². The maximum Gasteiger partial charge on any atom is 0.416 e. The van der Waals surface area contributed by atoms with Crippen molar-refractivity contribution in [3.8, 4) is 6.07 Å². The molecule has 0 spiro atoms. The number of hydrogen-bond donors (Lipinski definition) is 1. The van der Waals surface area contributed by atoms with Crippen molar-refractivity contribution in [3.63, 3.8) is 0 Å². The van der Waals surface area contributed by atoms with Gasteiger partial charge in [0.2, 0.25) is 5.78 Å². The average Bonchev–Trinajstić information content (AvgIpc) is 3.10. The Hall–Kier alpha value is -4.39. The predicted molar refractivity (Wildman–Crippen MR) is 188 cm³/mol. The summed E-state index contributed by atoms with van der Waals surface area (Å²) in [5.41, 5.74) is 1.57. The Morgan fingerprint density at radius 3 is 2.27 bits per heavy atom. The maximum atomic E-state index is 13.7. The van der Waals surface area contributed by atoms with Gasteiger partial charge in [0.05, 0.1) is 16.6 Å². The Labute approximate surface area is 302 Å². The van der Waals surface area contributed by atoms with Gasteiger partial charge in [-0.1, -0.05) is 57.6 Å². The fourth-order valence-corrected chi connectivity index (χ4v) is 10.3. The number of alkyl halides is 3. The van der Waals surface area contributed by atoms with Gasteiger partial charge in [-0.05, 0) is 116 Å². The average molecular weight is 718 g/mol. The van der Waals surface area contributed by atoms with E-state index in [1.165, 1.54) is 5.57 Å². The first kappa shape index (κ1) is 37.4. The Morgan fingerprint density at radius 1 is 0.962 bits per heavy atom. The minimum atomic E-state index is -4.53. The lowest BCUT2D eigenvalue weighted by atomic mass is 9.34. The van der Waals surface area contributed by atoms with Crippen LogP contribution in [-0.2, 0) is 30.0 Å². The lowest BCUT2D eigenvalue weighted by molar-refractivity contribution is -0.183. The molecule has 3 fully saturated rings. The van der Waals surface area contributed by atoms with E-state index in [0.717, 1.165) is 73.6 Å². The zero-order chi connectivity index (χ0) is 38.1. The molecule has 0 saturated heterocycles. The molecule has 276 valence electrons.